The van der Waals surface area contributed by atoms with E-state index in [1.165, 1.54) is 0 Å². The van der Waals surface area contributed by atoms with Gasteiger partial charge in [-0.2, -0.15) is 9.78 Å². The average molecular weight is 456 g/mol. The fourth-order valence-corrected chi connectivity index (χ4v) is 3.54. The molecule has 0 saturated carbocycles. The molecule has 0 radical (unpaired) electrons. The summed E-state index contributed by atoms with van der Waals surface area (Å²) in [4.78, 5) is 43.8. The topological polar surface area (TPSA) is 98.9 Å². The van der Waals surface area contributed by atoms with Gasteiger partial charge in [0.1, 0.15) is 0 Å². The fourth-order valence-electron chi connectivity index (χ4n) is 3.54. The molecule has 2 aromatic heterocycles. The van der Waals surface area contributed by atoms with Crippen molar-refractivity contribution in [2.24, 2.45) is 0 Å². The van der Waals surface area contributed by atoms with Gasteiger partial charge in [0.25, 0.3) is 11.5 Å². The van der Waals surface area contributed by atoms with E-state index >= 15 is 0 Å². The molecule has 0 aliphatic rings. The van der Waals surface area contributed by atoms with Gasteiger partial charge in [0.15, 0.2) is 0 Å². The Hall–Kier alpha value is -4.33. The van der Waals surface area contributed by atoms with Gasteiger partial charge in [-0.15, -0.1) is 0 Å². The minimum Gasteiger partial charge on any atom is -0.345 e. The van der Waals surface area contributed by atoms with E-state index in [0.717, 1.165) is 31.5 Å². The van der Waals surface area contributed by atoms with Crippen molar-refractivity contribution in [2.45, 2.75) is 33.9 Å². The van der Waals surface area contributed by atoms with Crippen LogP contribution in [0.15, 0.2) is 76.4 Å². The summed E-state index contributed by atoms with van der Waals surface area (Å²) < 4.78 is 2.17. The Kier molecular flexibility index (Phi) is 6.49. The molecule has 1 amide bonds. The van der Waals surface area contributed by atoms with E-state index in [9.17, 15) is 14.4 Å². The lowest BCUT2D eigenvalue weighted by molar-refractivity contribution is 0.0940. The van der Waals surface area contributed by atoms with Crippen molar-refractivity contribution in [1.82, 2.24) is 24.6 Å². The van der Waals surface area contributed by atoms with E-state index in [2.05, 4.69) is 15.4 Å². The van der Waals surface area contributed by atoms with E-state index in [0.29, 0.717) is 11.4 Å². The number of carbonyl (C=O) groups is 1. The van der Waals surface area contributed by atoms with E-state index in [-0.39, 0.29) is 18.8 Å². The van der Waals surface area contributed by atoms with E-state index < -0.39 is 17.2 Å². The maximum absolute atomic E-state index is 13.4. The standard InChI is InChI=1S/C26H25N5O3/c1-17-11-12-22(14-19(17)3)31-26(34)30(16-20-9-5-4-8-18(20)2)25(33)23(29-31)24(32)28-15-21-10-6-7-13-27-21/h4-14H,15-16H2,1-3H3,(H,28,32). The lowest BCUT2D eigenvalue weighted by atomic mass is 10.1. The second kappa shape index (κ2) is 9.66. The molecule has 34 heavy (non-hydrogen) atoms. The highest BCUT2D eigenvalue weighted by Crippen LogP contribution is 2.12. The molecule has 0 atom stereocenters. The summed E-state index contributed by atoms with van der Waals surface area (Å²) in [6.07, 6.45) is 1.62. The molecule has 1 N–H and O–H groups in total. The van der Waals surface area contributed by atoms with Crippen molar-refractivity contribution < 1.29 is 4.79 Å². The Morgan fingerprint density at radius 1 is 0.912 bits per heavy atom. The first-order valence-corrected chi connectivity index (χ1v) is 10.9. The van der Waals surface area contributed by atoms with Crippen molar-refractivity contribution in [3.8, 4) is 5.69 Å². The monoisotopic (exact) mass is 455 g/mol. The van der Waals surface area contributed by atoms with Crippen LogP contribution in [0.3, 0.4) is 0 Å². The second-order valence-corrected chi connectivity index (χ2v) is 8.13. The van der Waals surface area contributed by atoms with Gasteiger partial charge in [0, 0.05) is 6.20 Å². The number of carbonyl (C=O) groups excluding carboxylic acids is 1. The third-order valence-electron chi connectivity index (χ3n) is 5.76. The molecule has 8 nitrogen and oxygen atoms in total. The molecule has 8 heteroatoms. The summed E-state index contributed by atoms with van der Waals surface area (Å²) in [6.45, 7) is 5.95. The third-order valence-corrected chi connectivity index (χ3v) is 5.76. The predicted octanol–water partition coefficient (Wildman–Crippen LogP) is 2.69. The Balaban J connectivity index is 1.82. The molecule has 0 aliphatic carbocycles. The first-order chi connectivity index (χ1) is 16.3. The summed E-state index contributed by atoms with van der Waals surface area (Å²) in [5, 5.41) is 6.87. The summed E-state index contributed by atoms with van der Waals surface area (Å²) in [6, 6.07) is 18.3. The third kappa shape index (κ3) is 4.71. The molecular formula is C26H25N5O3. The van der Waals surface area contributed by atoms with Gasteiger partial charge in [-0.25, -0.2) is 4.79 Å². The molecule has 172 valence electrons. The number of benzene rings is 2. The number of rotatable bonds is 6. The first kappa shape index (κ1) is 22.8. The highest BCUT2D eigenvalue weighted by molar-refractivity contribution is 5.91. The summed E-state index contributed by atoms with van der Waals surface area (Å²) in [5.41, 5.74) is 3.15. The van der Waals surface area contributed by atoms with Gasteiger partial charge in [0.05, 0.1) is 24.5 Å². The Bertz CT molecular complexity index is 1470. The molecule has 0 fully saturated rings. The minimum absolute atomic E-state index is 0.0260. The van der Waals surface area contributed by atoms with Crippen LogP contribution in [0.4, 0.5) is 0 Å². The van der Waals surface area contributed by atoms with Crippen molar-refractivity contribution in [3.63, 3.8) is 0 Å². The molecule has 0 aliphatic heterocycles. The maximum atomic E-state index is 13.4. The van der Waals surface area contributed by atoms with Crippen LogP contribution in [0, 0.1) is 20.8 Å². The molecule has 4 rings (SSSR count). The number of nitrogens with zero attached hydrogens (tertiary/aromatic N) is 4. The molecule has 0 unspecified atom stereocenters. The van der Waals surface area contributed by atoms with Gasteiger partial charge in [-0.1, -0.05) is 36.4 Å². The summed E-state index contributed by atoms with van der Waals surface area (Å²) in [5.74, 6) is -0.674. The smallest absolute Gasteiger partial charge is 0.345 e. The minimum atomic E-state index is -0.744. The summed E-state index contributed by atoms with van der Waals surface area (Å²) >= 11 is 0. The zero-order chi connectivity index (χ0) is 24.2. The average Bonchev–Trinajstić information content (AvgIpc) is 2.84. The zero-order valence-corrected chi connectivity index (χ0v) is 19.3. The van der Waals surface area contributed by atoms with E-state index in [1.807, 2.05) is 63.2 Å². The van der Waals surface area contributed by atoms with Gasteiger partial charge in [0.2, 0.25) is 5.69 Å². The Labute approximate surface area is 196 Å². The van der Waals surface area contributed by atoms with Crippen LogP contribution >= 0.6 is 0 Å². The van der Waals surface area contributed by atoms with Crippen molar-refractivity contribution in [2.75, 3.05) is 0 Å². The highest BCUT2D eigenvalue weighted by Gasteiger charge is 2.21. The van der Waals surface area contributed by atoms with Crippen LogP contribution in [0.5, 0.6) is 0 Å². The SMILES string of the molecule is Cc1ccc(-n2nc(C(=O)NCc3ccccn3)c(=O)n(Cc3ccccc3C)c2=O)cc1C. The fraction of sp³-hybridized carbons (Fsp3) is 0.192. The largest absolute Gasteiger partial charge is 0.352 e. The Morgan fingerprint density at radius 3 is 2.38 bits per heavy atom. The molecule has 2 heterocycles. The molecular weight excluding hydrogens is 430 g/mol. The van der Waals surface area contributed by atoms with Crippen LogP contribution in [0.25, 0.3) is 5.69 Å². The molecule has 2 aromatic carbocycles. The number of aryl methyl sites for hydroxylation is 3. The number of nitrogens with one attached hydrogen (secondary N) is 1. The highest BCUT2D eigenvalue weighted by atomic mass is 16.2. The normalized spacial score (nSPS) is 10.8. The number of aromatic nitrogens is 4. The molecule has 0 bridgehead atoms. The van der Waals surface area contributed by atoms with Crippen LogP contribution < -0.4 is 16.6 Å². The quantitative estimate of drug-likeness (QED) is 0.482. The van der Waals surface area contributed by atoms with Gasteiger partial charge in [-0.3, -0.25) is 19.1 Å². The van der Waals surface area contributed by atoms with E-state index in [4.69, 9.17) is 0 Å². The summed E-state index contributed by atoms with van der Waals surface area (Å²) in [7, 11) is 0. The van der Waals surface area contributed by atoms with Crippen LogP contribution in [0.2, 0.25) is 0 Å². The zero-order valence-electron chi connectivity index (χ0n) is 19.3. The second-order valence-electron chi connectivity index (χ2n) is 8.13. The van der Waals surface area contributed by atoms with E-state index in [1.54, 1.807) is 24.4 Å². The molecule has 4 aromatic rings. The molecule has 0 spiro atoms. The number of hydrogen-bond acceptors (Lipinski definition) is 5. The molecule has 0 saturated heterocycles. The van der Waals surface area contributed by atoms with Crippen molar-refractivity contribution in [1.29, 1.82) is 0 Å². The van der Waals surface area contributed by atoms with Gasteiger partial charge in [-0.05, 0) is 67.3 Å². The number of hydrogen-bond donors (Lipinski definition) is 1. The predicted molar refractivity (Wildman–Crippen MR) is 129 cm³/mol. The number of amides is 1. The van der Waals surface area contributed by atoms with Crippen molar-refractivity contribution >= 4 is 5.91 Å². The van der Waals surface area contributed by atoms with Crippen LogP contribution in [-0.2, 0) is 13.1 Å². The first-order valence-electron chi connectivity index (χ1n) is 10.9. The van der Waals surface area contributed by atoms with Gasteiger partial charge < -0.3 is 5.32 Å². The van der Waals surface area contributed by atoms with Crippen LogP contribution in [-0.4, -0.2) is 25.2 Å². The van der Waals surface area contributed by atoms with Crippen molar-refractivity contribution in [3.05, 3.63) is 121 Å². The number of pyridine rings is 1. The Morgan fingerprint density at radius 2 is 1.68 bits per heavy atom. The maximum Gasteiger partial charge on any atom is 0.352 e. The lowest BCUT2D eigenvalue weighted by Crippen LogP contribution is -2.46. The lowest BCUT2D eigenvalue weighted by Gasteiger charge is -2.14. The van der Waals surface area contributed by atoms with Crippen LogP contribution in [0.1, 0.15) is 38.4 Å². The van der Waals surface area contributed by atoms with Gasteiger partial charge >= 0.3 is 5.69 Å².